The SMILES string of the molecule is CNC1C2CN(c3nc4c(cc3F)c(=O)c(C(=O)O)cn4C3CC3)CC21. The highest BCUT2D eigenvalue weighted by Crippen LogP contribution is 2.46. The van der Waals surface area contributed by atoms with Crippen molar-refractivity contribution in [1.29, 1.82) is 0 Å². The fourth-order valence-electron chi connectivity index (χ4n) is 4.37. The van der Waals surface area contributed by atoms with E-state index < -0.39 is 17.2 Å². The van der Waals surface area contributed by atoms with Gasteiger partial charge in [-0.15, -0.1) is 0 Å². The molecular formula is C18H19FN4O3. The van der Waals surface area contributed by atoms with Gasteiger partial charge < -0.3 is 19.9 Å². The highest BCUT2D eigenvalue weighted by Gasteiger charge is 2.55. The molecule has 2 aromatic rings. The predicted molar refractivity (Wildman–Crippen MR) is 93.2 cm³/mol. The number of halogens is 1. The largest absolute Gasteiger partial charge is 0.477 e. The van der Waals surface area contributed by atoms with Crippen LogP contribution in [-0.4, -0.2) is 46.8 Å². The molecule has 0 aromatic carbocycles. The molecule has 2 saturated carbocycles. The third-order valence-corrected chi connectivity index (χ3v) is 5.94. The maximum Gasteiger partial charge on any atom is 0.341 e. The van der Waals surface area contributed by atoms with E-state index in [9.17, 15) is 19.1 Å². The molecule has 8 heteroatoms. The number of nitrogens with zero attached hydrogens (tertiary/aromatic N) is 3. The Hall–Kier alpha value is -2.48. The number of aromatic carboxylic acids is 1. The van der Waals surface area contributed by atoms with Crippen molar-refractivity contribution in [3.05, 3.63) is 33.9 Å². The standard InChI is InChI=1S/C18H19FN4O3/c1-20-14-10-5-22(6-11(10)14)17-13(19)4-9-15(24)12(18(25)26)7-23(8-2-3-8)16(9)21-17/h4,7-8,10-11,14,20H,2-3,5-6H2,1H3,(H,25,26). The van der Waals surface area contributed by atoms with E-state index in [0.29, 0.717) is 23.5 Å². The van der Waals surface area contributed by atoms with Crippen LogP contribution in [-0.2, 0) is 0 Å². The molecule has 136 valence electrons. The van der Waals surface area contributed by atoms with E-state index in [1.165, 1.54) is 6.20 Å². The highest BCUT2D eigenvalue weighted by atomic mass is 19.1. The Balaban J connectivity index is 1.63. The second-order valence-electron chi connectivity index (χ2n) is 7.53. The zero-order valence-corrected chi connectivity index (χ0v) is 14.3. The van der Waals surface area contributed by atoms with Gasteiger partial charge in [-0.3, -0.25) is 4.79 Å². The van der Waals surface area contributed by atoms with Crippen molar-refractivity contribution < 1.29 is 14.3 Å². The van der Waals surface area contributed by atoms with Crippen molar-refractivity contribution in [3.8, 4) is 0 Å². The van der Waals surface area contributed by atoms with Crippen LogP contribution in [0.2, 0.25) is 0 Å². The average Bonchev–Trinajstić information content (AvgIpc) is 3.52. The van der Waals surface area contributed by atoms with Gasteiger partial charge in [0, 0.05) is 31.4 Å². The number of hydrogen-bond donors (Lipinski definition) is 2. The van der Waals surface area contributed by atoms with Gasteiger partial charge in [-0.25, -0.2) is 14.2 Å². The Bertz CT molecular complexity index is 988. The second kappa shape index (κ2) is 5.26. The van der Waals surface area contributed by atoms with Gasteiger partial charge >= 0.3 is 5.97 Å². The van der Waals surface area contributed by atoms with Crippen LogP contribution >= 0.6 is 0 Å². The van der Waals surface area contributed by atoms with Crippen LogP contribution in [0, 0.1) is 17.7 Å². The van der Waals surface area contributed by atoms with Gasteiger partial charge in [0.1, 0.15) is 11.2 Å². The summed E-state index contributed by atoms with van der Waals surface area (Å²) in [6, 6.07) is 1.78. The average molecular weight is 358 g/mol. The summed E-state index contributed by atoms with van der Waals surface area (Å²) in [7, 11) is 1.94. The molecule has 0 radical (unpaired) electrons. The summed E-state index contributed by atoms with van der Waals surface area (Å²) in [6.45, 7) is 1.49. The number of anilines is 1. The summed E-state index contributed by atoms with van der Waals surface area (Å²) >= 11 is 0. The van der Waals surface area contributed by atoms with Crippen molar-refractivity contribution in [2.45, 2.75) is 24.9 Å². The molecule has 3 aliphatic rings. The van der Waals surface area contributed by atoms with Gasteiger partial charge in [-0.1, -0.05) is 0 Å². The van der Waals surface area contributed by atoms with Crippen molar-refractivity contribution >= 4 is 22.8 Å². The summed E-state index contributed by atoms with van der Waals surface area (Å²) in [6.07, 6.45) is 3.17. The molecule has 0 amide bonds. The lowest BCUT2D eigenvalue weighted by Gasteiger charge is -2.22. The van der Waals surface area contributed by atoms with Crippen molar-refractivity contribution in [1.82, 2.24) is 14.9 Å². The molecule has 26 heavy (non-hydrogen) atoms. The number of pyridine rings is 2. The number of nitrogens with one attached hydrogen (secondary N) is 1. The normalized spacial score (nSPS) is 27.0. The van der Waals surface area contributed by atoms with E-state index in [-0.39, 0.29) is 22.8 Å². The number of aromatic nitrogens is 2. The van der Waals surface area contributed by atoms with Crippen LogP contribution in [0.15, 0.2) is 17.1 Å². The first kappa shape index (κ1) is 15.7. The van der Waals surface area contributed by atoms with Gasteiger partial charge in [0.15, 0.2) is 11.6 Å². The fraction of sp³-hybridized carbons (Fsp3) is 0.500. The molecule has 3 fully saturated rings. The predicted octanol–water partition coefficient (Wildman–Crippen LogP) is 1.22. The van der Waals surface area contributed by atoms with E-state index >= 15 is 0 Å². The first-order chi connectivity index (χ1) is 12.5. The van der Waals surface area contributed by atoms with E-state index in [1.54, 1.807) is 4.57 Å². The van der Waals surface area contributed by atoms with Gasteiger partial charge in [-0.05, 0) is 37.8 Å². The van der Waals surface area contributed by atoms with Crippen LogP contribution in [0.1, 0.15) is 29.2 Å². The number of carboxylic acids is 1. The Morgan fingerprint density at radius 1 is 1.35 bits per heavy atom. The fourth-order valence-corrected chi connectivity index (χ4v) is 4.37. The molecule has 7 nitrogen and oxygen atoms in total. The minimum absolute atomic E-state index is 0.0375. The van der Waals surface area contributed by atoms with Crippen LogP contribution in [0.5, 0.6) is 0 Å². The quantitative estimate of drug-likeness (QED) is 0.855. The van der Waals surface area contributed by atoms with E-state index in [2.05, 4.69) is 10.3 Å². The van der Waals surface area contributed by atoms with E-state index in [4.69, 9.17) is 0 Å². The molecule has 1 saturated heterocycles. The van der Waals surface area contributed by atoms with E-state index in [0.717, 1.165) is 32.0 Å². The number of carboxylic acid groups (broad SMARTS) is 1. The zero-order chi connectivity index (χ0) is 18.2. The Labute approximate surface area is 148 Å². The van der Waals surface area contributed by atoms with Crippen LogP contribution < -0.4 is 15.6 Å². The molecule has 2 aromatic heterocycles. The first-order valence-corrected chi connectivity index (χ1v) is 8.90. The zero-order valence-electron chi connectivity index (χ0n) is 14.3. The van der Waals surface area contributed by atoms with Crippen molar-refractivity contribution in [2.24, 2.45) is 11.8 Å². The molecule has 3 heterocycles. The molecular weight excluding hydrogens is 339 g/mol. The number of fused-ring (bicyclic) bond motifs is 2. The number of piperidine rings is 1. The lowest BCUT2D eigenvalue weighted by molar-refractivity contribution is 0.0695. The van der Waals surface area contributed by atoms with Crippen LogP contribution in [0.4, 0.5) is 10.2 Å². The minimum Gasteiger partial charge on any atom is -0.477 e. The van der Waals surface area contributed by atoms with Crippen LogP contribution in [0.3, 0.4) is 0 Å². The Morgan fingerprint density at radius 2 is 2.04 bits per heavy atom. The Morgan fingerprint density at radius 3 is 2.62 bits per heavy atom. The minimum atomic E-state index is -1.30. The van der Waals surface area contributed by atoms with Gasteiger partial charge in [0.2, 0.25) is 5.43 Å². The molecule has 0 bridgehead atoms. The molecule has 2 unspecified atom stereocenters. The molecule has 1 aliphatic heterocycles. The summed E-state index contributed by atoms with van der Waals surface area (Å²) in [5, 5.41) is 12.6. The summed E-state index contributed by atoms with van der Waals surface area (Å²) in [5.74, 6) is -0.583. The monoisotopic (exact) mass is 358 g/mol. The lowest BCUT2D eigenvalue weighted by atomic mass is 10.2. The third kappa shape index (κ3) is 2.18. The summed E-state index contributed by atoms with van der Waals surface area (Å²) < 4.78 is 16.5. The van der Waals surface area contributed by atoms with Crippen LogP contribution in [0.25, 0.3) is 11.0 Å². The summed E-state index contributed by atoms with van der Waals surface area (Å²) in [5.41, 5.74) is -0.635. The number of carbonyl (C=O) groups is 1. The van der Waals surface area contributed by atoms with Gasteiger partial charge in [0.05, 0.1) is 5.39 Å². The number of hydrogen-bond acceptors (Lipinski definition) is 5. The van der Waals surface area contributed by atoms with Gasteiger partial charge in [0.25, 0.3) is 0 Å². The molecule has 2 N–H and O–H groups in total. The number of rotatable bonds is 4. The topological polar surface area (TPSA) is 87.5 Å². The third-order valence-electron chi connectivity index (χ3n) is 5.94. The molecule has 2 aliphatic carbocycles. The highest BCUT2D eigenvalue weighted by molar-refractivity contribution is 5.92. The molecule has 2 atom stereocenters. The Kier molecular flexibility index (Phi) is 3.19. The summed E-state index contributed by atoms with van der Waals surface area (Å²) in [4.78, 5) is 30.3. The van der Waals surface area contributed by atoms with E-state index in [1.807, 2.05) is 11.9 Å². The van der Waals surface area contributed by atoms with Crippen molar-refractivity contribution in [2.75, 3.05) is 25.0 Å². The smallest absolute Gasteiger partial charge is 0.341 e. The van der Waals surface area contributed by atoms with Gasteiger partial charge in [-0.2, -0.15) is 0 Å². The van der Waals surface area contributed by atoms with Crippen molar-refractivity contribution in [3.63, 3.8) is 0 Å². The maximum atomic E-state index is 14.7. The maximum absolute atomic E-state index is 14.7. The molecule has 5 rings (SSSR count). The lowest BCUT2D eigenvalue weighted by Crippen LogP contribution is -2.31. The first-order valence-electron chi connectivity index (χ1n) is 8.90. The second-order valence-corrected chi connectivity index (χ2v) is 7.53. The molecule has 0 spiro atoms.